The molecule has 0 saturated carbocycles. The highest BCUT2D eigenvalue weighted by molar-refractivity contribution is 7.80. The van der Waals surface area contributed by atoms with Crippen molar-refractivity contribution in [3.8, 4) is 11.4 Å². The molecule has 1 aromatic heterocycles. The Balaban J connectivity index is 1.84. The standard InChI is InChI=1S/C16H15N5S/c17-16(22)19-14-8-6-13(7-9-14)15-20-18-11-21(15)10-12-4-2-1-3-5-12/h1-9,11H,10H2,(H3,17,19,22). The second kappa shape index (κ2) is 6.36. The van der Waals surface area contributed by atoms with Crippen LogP contribution in [0, 0.1) is 0 Å². The number of nitrogens with two attached hydrogens (primary N) is 1. The van der Waals surface area contributed by atoms with Gasteiger partial charge in [-0.25, -0.2) is 0 Å². The van der Waals surface area contributed by atoms with Crippen molar-refractivity contribution in [1.29, 1.82) is 0 Å². The average Bonchev–Trinajstić information content (AvgIpc) is 2.97. The molecular formula is C16H15N5S. The van der Waals surface area contributed by atoms with Gasteiger partial charge in [-0.05, 0) is 42.0 Å². The first-order chi connectivity index (χ1) is 10.7. The minimum Gasteiger partial charge on any atom is -0.376 e. The molecule has 0 unspecified atom stereocenters. The second-order valence-electron chi connectivity index (χ2n) is 4.83. The molecule has 1 heterocycles. The van der Waals surface area contributed by atoms with E-state index in [-0.39, 0.29) is 5.11 Å². The molecule has 0 saturated heterocycles. The van der Waals surface area contributed by atoms with E-state index in [0.29, 0.717) is 0 Å². The normalized spacial score (nSPS) is 10.4. The number of hydrogen-bond acceptors (Lipinski definition) is 3. The van der Waals surface area contributed by atoms with Crippen molar-refractivity contribution in [3.05, 3.63) is 66.5 Å². The first-order valence-corrected chi connectivity index (χ1v) is 7.22. The second-order valence-corrected chi connectivity index (χ2v) is 5.27. The van der Waals surface area contributed by atoms with E-state index in [1.54, 1.807) is 6.33 Å². The molecule has 0 amide bonds. The van der Waals surface area contributed by atoms with E-state index in [4.69, 9.17) is 18.0 Å². The summed E-state index contributed by atoms with van der Waals surface area (Å²) in [6, 6.07) is 18.0. The van der Waals surface area contributed by atoms with Crippen LogP contribution in [-0.2, 0) is 6.54 Å². The van der Waals surface area contributed by atoms with E-state index in [1.165, 1.54) is 5.56 Å². The summed E-state index contributed by atoms with van der Waals surface area (Å²) in [5.74, 6) is 0.825. The molecule has 3 rings (SSSR count). The van der Waals surface area contributed by atoms with Gasteiger partial charge in [0.25, 0.3) is 0 Å². The number of anilines is 1. The smallest absolute Gasteiger partial charge is 0.168 e. The van der Waals surface area contributed by atoms with Gasteiger partial charge in [0.05, 0.1) is 6.54 Å². The summed E-state index contributed by atoms with van der Waals surface area (Å²) in [6.07, 6.45) is 1.74. The third-order valence-electron chi connectivity index (χ3n) is 3.22. The van der Waals surface area contributed by atoms with Crippen molar-refractivity contribution in [2.24, 2.45) is 5.73 Å². The molecule has 0 aliphatic heterocycles. The largest absolute Gasteiger partial charge is 0.376 e. The third kappa shape index (κ3) is 3.29. The van der Waals surface area contributed by atoms with Crippen LogP contribution in [-0.4, -0.2) is 19.9 Å². The predicted octanol–water partition coefficient (Wildman–Crippen LogP) is 2.65. The predicted molar refractivity (Wildman–Crippen MR) is 91.4 cm³/mol. The van der Waals surface area contributed by atoms with Gasteiger partial charge in [0.1, 0.15) is 6.33 Å². The van der Waals surface area contributed by atoms with E-state index in [1.807, 2.05) is 47.0 Å². The SMILES string of the molecule is NC(=S)Nc1ccc(-c2nncn2Cc2ccccc2)cc1. The molecule has 0 aliphatic rings. The fraction of sp³-hybridized carbons (Fsp3) is 0.0625. The minimum absolute atomic E-state index is 0.250. The lowest BCUT2D eigenvalue weighted by atomic mass is 10.2. The van der Waals surface area contributed by atoms with E-state index < -0.39 is 0 Å². The average molecular weight is 309 g/mol. The molecule has 110 valence electrons. The highest BCUT2D eigenvalue weighted by atomic mass is 32.1. The van der Waals surface area contributed by atoms with Crippen LogP contribution in [0.1, 0.15) is 5.56 Å². The molecule has 0 fully saturated rings. The Kier molecular flexibility index (Phi) is 4.11. The van der Waals surface area contributed by atoms with Crippen molar-refractivity contribution >= 4 is 23.0 Å². The molecule has 0 atom stereocenters. The molecule has 2 aromatic carbocycles. The van der Waals surface area contributed by atoms with Gasteiger partial charge >= 0.3 is 0 Å². The Labute approximate surface area is 133 Å². The minimum atomic E-state index is 0.250. The van der Waals surface area contributed by atoms with Crippen molar-refractivity contribution in [3.63, 3.8) is 0 Å². The highest BCUT2D eigenvalue weighted by Gasteiger charge is 2.07. The molecule has 3 N–H and O–H groups in total. The van der Waals surface area contributed by atoms with Gasteiger partial charge in [-0.15, -0.1) is 10.2 Å². The highest BCUT2D eigenvalue weighted by Crippen LogP contribution is 2.20. The van der Waals surface area contributed by atoms with Gasteiger partial charge in [0, 0.05) is 11.3 Å². The topological polar surface area (TPSA) is 68.8 Å². The van der Waals surface area contributed by atoms with Crippen LogP contribution in [0.4, 0.5) is 5.69 Å². The summed E-state index contributed by atoms with van der Waals surface area (Å²) >= 11 is 4.82. The van der Waals surface area contributed by atoms with Gasteiger partial charge < -0.3 is 15.6 Å². The lowest BCUT2D eigenvalue weighted by Crippen LogP contribution is -2.18. The number of rotatable bonds is 4. The maximum absolute atomic E-state index is 5.46. The first kappa shape index (κ1) is 14.2. The summed E-state index contributed by atoms with van der Waals surface area (Å²) in [5.41, 5.74) is 8.51. The van der Waals surface area contributed by atoms with E-state index in [2.05, 4.69) is 27.6 Å². The molecule has 0 radical (unpaired) electrons. The van der Waals surface area contributed by atoms with E-state index in [0.717, 1.165) is 23.6 Å². The summed E-state index contributed by atoms with van der Waals surface area (Å²) in [7, 11) is 0. The molecular weight excluding hydrogens is 294 g/mol. The zero-order chi connectivity index (χ0) is 15.4. The van der Waals surface area contributed by atoms with Gasteiger partial charge in [-0.2, -0.15) is 0 Å². The van der Waals surface area contributed by atoms with E-state index >= 15 is 0 Å². The quantitative estimate of drug-likeness (QED) is 0.725. The fourth-order valence-corrected chi connectivity index (χ4v) is 2.34. The Morgan fingerprint density at radius 2 is 1.82 bits per heavy atom. The van der Waals surface area contributed by atoms with E-state index in [9.17, 15) is 0 Å². The molecule has 0 bridgehead atoms. The Morgan fingerprint density at radius 3 is 2.50 bits per heavy atom. The van der Waals surface area contributed by atoms with Crippen LogP contribution in [0.2, 0.25) is 0 Å². The van der Waals surface area contributed by atoms with Gasteiger partial charge in [-0.3, -0.25) is 0 Å². The number of aromatic nitrogens is 3. The van der Waals surface area contributed by atoms with Crippen LogP contribution in [0.25, 0.3) is 11.4 Å². The monoisotopic (exact) mass is 309 g/mol. The number of benzene rings is 2. The molecule has 5 nitrogen and oxygen atoms in total. The number of nitrogens with zero attached hydrogens (tertiary/aromatic N) is 3. The maximum atomic E-state index is 5.46. The number of nitrogens with one attached hydrogen (secondary N) is 1. The van der Waals surface area contributed by atoms with Crippen LogP contribution >= 0.6 is 12.2 Å². The fourth-order valence-electron chi connectivity index (χ4n) is 2.22. The lowest BCUT2D eigenvalue weighted by Gasteiger charge is -2.08. The summed E-state index contributed by atoms with van der Waals surface area (Å²) < 4.78 is 2.02. The Bertz CT molecular complexity index is 765. The van der Waals surface area contributed by atoms with Crippen molar-refractivity contribution < 1.29 is 0 Å². The van der Waals surface area contributed by atoms with Gasteiger partial charge in [0.2, 0.25) is 0 Å². The molecule has 0 aliphatic carbocycles. The Hall–Kier alpha value is -2.73. The zero-order valence-electron chi connectivity index (χ0n) is 11.8. The number of hydrogen-bond donors (Lipinski definition) is 2. The van der Waals surface area contributed by atoms with Crippen molar-refractivity contribution in [2.45, 2.75) is 6.54 Å². The number of thiocarbonyl (C=S) groups is 1. The maximum Gasteiger partial charge on any atom is 0.168 e. The van der Waals surface area contributed by atoms with Crippen LogP contribution in [0.5, 0.6) is 0 Å². The molecule has 6 heteroatoms. The molecule has 3 aromatic rings. The Morgan fingerprint density at radius 1 is 1.09 bits per heavy atom. The third-order valence-corrected chi connectivity index (χ3v) is 3.32. The van der Waals surface area contributed by atoms with Crippen LogP contribution in [0.3, 0.4) is 0 Å². The molecule has 0 spiro atoms. The van der Waals surface area contributed by atoms with Gasteiger partial charge in [0.15, 0.2) is 10.9 Å². The lowest BCUT2D eigenvalue weighted by molar-refractivity contribution is 0.803. The van der Waals surface area contributed by atoms with Crippen molar-refractivity contribution in [2.75, 3.05) is 5.32 Å². The van der Waals surface area contributed by atoms with Gasteiger partial charge in [-0.1, -0.05) is 30.3 Å². The van der Waals surface area contributed by atoms with Crippen molar-refractivity contribution in [1.82, 2.24) is 14.8 Å². The summed E-state index contributed by atoms with van der Waals surface area (Å²) in [6.45, 7) is 0.732. The first-order valence-electron chi connectivity index (χ1n) is 6.81. The zero-order valence-corrected chi connectivity index (χ0v) is 12.6. The molecule has 22 heavy (non-hydrogen) atoms. The van der Waals surface area contributed by atoms with Crippen LogP contribution in [0.15, 0.2) is 60.9 Å². The summed E-state index contributed by atoms with van der Waals surface area (Å²) in [5, 5.41) is 11.4. The van der Waals surface area contributed by atoms with Crippen LogP contribution < -0.4 is 11.1 Å². The summed E-state index contributed by atoms with van der Waals surface area (Å²) in [4.78, 5) is 0.